The summed E-state index contributed by atoms with van der Waals surface area (Å²) in [5.74, 6) is 0. The molecule has 0 fully saturated rings. The van der Waals surface area contributed by atoms with E-state index in [0.717, 1.165) is 22.1 Å². The van der Waals surface area contributed by atoms with Crippen LogP contribution in [-0.4, -0.2) is 48.7 Å². The number of para-hydroxylation sites is 4. The summed E-state index contributed by atoms with van der Waals surface area (Å²) in [5, 5.41) is 0.333. The molecule has 0 aliphatic rings. The van der Waals surface area contributed by atoms with Crippen molar-refractivity contribution in [3.63, 3.8) is 0 Å². The van der Waals surface area contributed by atoms with Gasteiger partial charge in [0.25, 0.3) is 5.56 Å². The van der Waals surface area contributed by atoms with Crippen LogP contribution >= 0.6 is 11.6 Å². The molecule has 11 nitrogen and oxygen atoms in total. The van der Waals surface area contributed by atoms with Gasteiger partial charge in [0.15, 0.2) is 33.4 Å². The molecule has 0 spiro atoms. The molecule has 0 aliphatic heterocycles. The first-order chi connectivity index (χ1) is 17.7. The predicted octanol–water partition coefficient (Wildman–Crippen LogP) is 3.60. The summed E-state index contributed by atoms with van der Waals surface area (Å²) in [7, 11) is 0. The number of aromatic amines is 1. The van der Waals surface area contributed by atoms with E-state index < -0.39 is 0 Å². The van der Waals surface area contributed by atoms with Crippen LogP contribution in [0.3, 0.4) is 0 Å². The fraction of sp³-hybridized carbons (Fsp3) is 0. The Morgan fingerprint density at radius 3 is 1.97 bits per heavy atom. The van der Waals surface area contributed by atoms with Crippen molar-refractivity contribution < 1.29 is 0 Å². The number of fused-ring (bicyclic) bond motifs is 10. The minimum Gasteiger partial charge on any atom is -0.301 e. The second-order valence-electron chi connectivity index (χ2n) is 7.81. The van der Waals surface area contributed by atoms with E-state index in [4.69, 9.17) is 11.6 Å². The summed E-state index contributed by atoms with van der Waals surface area (Å²) in [5.41, 5.74) is 6.32. The van der Waals surface area contributed by atoms with Crippen molar-refractivity contribution in [3.05, 3.63) is 88.8 Å². The van der Waals surface area contributed by atoms with Crippen LogP contribution in [0.2, 0.25) is 5.15 Å². The molecule has 0 atom stereocenters. The summed E-state index contributed by atoms with van der Waals surface area (Å²) >= 11 is 6.15. The van der Waals surface area contributed by atoms with Crippen LogP contribution in [0.4, 0.5) is 0 Å². The SMILES string of the molecule is Clc1nc2nccnc2n2c1nc1ccccc12.O=c1[nH]c2nccnc2n2c1nc1ccccc12. The molecule has 6 aromatic heterocycles. The quantitative estimate of drug-likeness (QED) is 0.339. The molecule has 8 aromatic rings. The smallest absolute Gasteiger partial charge is 0.293 e. The molecule has 6 heterocycles. The molecule has 0 radical (unpaired) electrons. The number of H-pyrrole nitrogens is 1. The minimum absolute atomic E-state index is 0.265. The van der Waals surface area contributed by atoms with Gasteiger partial charge in [-0.3, -0.25) is 13.6 Å². The van der Waals surface area contributed by atoms with Gasteiger partial charge < -0.3 is 4.98 Å². The Kier molecular flexibility index (Phi) is 4.38. The molecule has 1 N–H and O–H groups in total. The number of halogens is 1. The second-order valence-corrected chi connectivity index (χ2v) is 8.17. The lowest BCUT2D eigenvalue weighted by Gasteiger charge is -2.01. The summed E-state index contributed by atoms with van der Waals surface area (Å²) in [6.45, 7) is 0. The average Bonchev–Trinajstić information content (AvgIpc) is 3.50. The molecule has 12 heteroatoms. The maximum atomic E-state index is 12.0. The van der Waals surface area contributed by atoms with Gasteiger partial charge in [-0.05, 0) is 24.3 Å². The normalized spacial score (nSPS) is 11.6. The van der Waals surface area contributed by atoms with Gasteiger partial charge >= 0.3 is 0 Å². The van der Waals surface area contributed by atoms with Crippen LogP contribution in [0.15, 0.2) is 78.1 Å². The summed E-state index contributed by atoms with van der Waals surface area (Å²) in [6, 6.07) is 15.3. The maximum absolute atomic E-state index is 12.0. The Balaban J connectivity index is 0.000000122. The van der Waals surface area contributed by atoms with Gasteiger partial charge in [0, 0.05) is 24.8 Å². The van der Waals surface area contributed by atoms with Crippen LogP contribution < -0.4 is 5.56 Å². The first kappa shape index (κ1) is 20.4. The van der Waals surface area contributed by atoms with E-state index in [2.05, 4.69) is 39.9 Å². The molecule has 8 rings (SSSR count). The average molecular weight is 493 g/mol. The third-order valence-electron chi connectivity index (χ3n) is 5.71. The first-order valence-electron chi connectivity index (χ1n) is 10.8. The number of imidazole rings is 2. The Morgan fingerprint density at radius 1 is 0.639 bits per heavy atom. The van der Waals surface area contributed by atoms with Crippen LogP contribution in [-0.2, 0) is 0 Å². The van der Waals surface area contributed by atoms with E-state index in [1.807, 2.05) is 52.9 Å². The molecule has 36 heavy (non-hydrogen) atoms. The zero-order valence-corrected chi connectivity index (χ0v) is 19.0. The Morgan fingerprint density at radius 2 is 1.22 bits per heavy atom. The molecule has 0 bridgehead atoms. The fourth-order valence-corrected chi connectivity index (χ4v) is 4.43. The van der Waals surface area contributed by atoms with E-state index in [-0.39, 0.29) is 5.56 Å². The maximum Gasteiger partial charge on any atom is 0.293 e. The van der Waals surface area contributed by atoms with E-state index in [1.165, 1.54) is 0 Å². The highest BCUT2D eigenvalue weighted by Crippen LogP contribution is 2.24. The highest BCUT2D eigenvalue weighted by Gasteiger charge is 2.14. The number of nitrogens with zero attached hydrogens (tertiary/aromatic N) is 9. The number of benzene rings is 2. The van der Waals surface area contributed by atoms with Crippen LogP contribution in [0, 0.1) is 0 Å². The van der Waals surface area contributed by atoms with E-state index >= 15 is 0 Å². The van der Waals surface area contributed by atoms with E-state index in [1.54, 1.807) is 29.2 Å². The lowest BCUT2D eigenvalue weighted by molar-refractivity contribution is 1.10. The predicted molar refractivity (Wildman–Crippen MR) is 135 cm³/mol. The first-order valence-corrected chi connectivity index (χ1v) is 11.2. The molecule has 0 saturated carbocycles. The van der Waals surface area contributed by atoms with Gasteiger partial charge in [0.05, 0.1) is 22.1 Å². The zero-order chi connectivity index (χ0) is 24.2. The van der Waals surface area contributed by atoms with Crippen molar-refractivity contribution in [1.29, 1.82) is 0 Å². The molecule has 0 unspecified atom stereocenters. The standard InChI is InChI=1S/C12H6ClN5.C12H7N5O/c13-9-11-16-7-3-1-2-4-8(7)18(11)12-10(17-9)14-5-6-15-12;18-12-11-15-7-3-1-2-4-8(7)17(11)10-9(16-12)13-5-6-14-10/h1-6H;1-6H,(H,13,16,18). The van der Waals surface area contributed by atoms with Crippen LogP contribution in [0.25, 0.3) is 55.9 Å². The lowest BCUT2D eigenvalue weighted by atomic mass is 10.3. The second kappa shape index (κ2) is 7.75. The van der Waals surface area contributed by atoms with Gasteiger partial charge in [-0.2, -0.15) is 0 Å². The molecular formula is C24H13ClN10O. The van der Waals surface area contributed by atoms with Crippen LogP contribution in [0.5, 0.6) is 0 Å². The van der Waals surface area contributed by atoms with E-state index in [9.17, 15) is 4.79 Å². The Hall–Kier alpha value is -5.03. The highest BCUT2D eigenvalue weighted by atomic mass is 35.5. The Labute approximate surface area is 205 Å². The number of nitrogens with one attached hydrogen (secondary N) is 1. The summed E-state index contributed by atoms with van der Waals surface area (Å²) < 4.78 is 3.61. The largest absolute Gasteiger partial charge is 0.301 e. The molecule has 0 amide bonds. The monoisotopic (exact) mass is 492 g/mol. The van der Waals surface area contributed by atoms with Gasteiger partial charge in [0.2, 0.25) is 5.65 Å². The van der Waals surface area contributed by atoms with Crippen LogP contribution in [0.1, 0.15) is 0 Å². The van der Waals surface area contributed by atoms with Gasteiger partial charge in [-0.1, -0.05) is 35.9 Å². The summed E-state index contributed by atoms with van der Waals surface area (Å²) in [4.78, 5) is 44.5. The van der Waals surface area contributed by atoms with Gasteiger partial charge in [-0.15, -0.1) is 0 Å². The van der Waals surface area contributed by atoms with Crippen molar-refractivity contribution in [3.8, 4) is 0 Å². The molecule has 0 aliphatic carbocycles. The van der Waals surface area contributed by atoms with Crippen molar-refractivity contribution in [2.45, 2.75) is 0 Å². The topological polar surface area (TPSA) is 132 Å². The van der Waals surface area contributed by atoms with Crippen molar-refractivity contribution in [2.75, 3.05) is 0 Å². The molecule has 0 saturated heterocycles. The third kappa shape index (κ3) is 3.00. The van der Waals surface area contributed by atoms with Gasteiger partial charge in [0.1, 0.15) is 0 Å². The van der Waals surface area contributed by atoms with E-state index in [0.29, 0.717) is 39.0 Å². The lowest BCUT2D eigenvalue weighted by Crippen LogP contribution is -2.12. The molecule has 2 aromatic carbocycles. The zero-order valence-electron chi connectivity index (χ0n) is 18.2. The number of hydrogen-bond acceptors (Lipinski definition) is 8. The number of hydrogen-bond donors (Lipinski definition) is 1. The number of rotatable bonds is 0. The third-order valence-corrected chi connectivity index (χ3v) is 5.96. The fourth-order valence-electron chi connectivity index (χ4n) is 4.22. The summed E-state index contributed by atoms with van der Waals surface area (Å²) in [6.07, 6.45) is 6.36. The van der Waals surface area contributed by atoms with Crippen molar-refractivity contribution >= 4 is 67.6 Å². The Bertz CT molecular complexity index is 2160. The van der Waals surface area contributed by atoms with Crippen molar-refractivity contribution in [1.82, 2.24) is 48.7 Å². The van der Waals surface area contributed by atoms with Gasteiger partial charge in [-0.25, -0.2) is 34.9 Å². The number of aromatic nitrogens is 10. The molecule has 172 valence electrons. The minimum atomic E-state index is -0.265. The molecular weight excluding hydrogens is 480 g/mol. The highest BCUT2D eigenvalue weighted by molar-refractivity contribution is 6.32. The van der Waals surface area contributed by atoms with Crippen molar-refractivity contribution in [2.24, 2.45) is 0 Å².